The molecule has 10 heteroatoms. The molecule has 38 heavy (non-hydrogen) atoms. The first-order valence-electron chi connectivity index (χ1n) is 12.9. The summed E-state index contributed by atoms with van der Waals surface area (Å²) < 4.78 is 0. The molecule has 5 N–H and O–H groups in total. The van der Waals surface area contributed by atoms with Crippen molar-refractivity contribution in [3.63, 3.8) is 0 Å². The first-order valence-corrected chi connectivity index (χ1v) is 12.9. The standard InChI is InChI=1S/C28H35N3O7/c1-3-11-29-23-10-9-21-24(25(23)30-12-4-2)27(36)20-8-7-17(14-22(20)26(21)35)28(37)31(38)13-5-6-18(33)15-19(34)16-32/h7-10,14,19,29-30,32,34,38H,3-6,11-13,15-16H2,1-2H3. The van der Waals surface area contributed by atoms with E-state index in [1.54, 1.807) is 12.1 Å². The molecule has 0 spiro atoms. The molecule has 0 fully saturated rings. The Morgan fingerprint density at radius 3 is 2.32 bits per heavy atom. The third kappa shape index (κ3) is 6.45. The summed E-state index contributed by atoms with van der Waals surface area (Å²) in [4.78, 5) is 51.6. The minimum atomic E-state index is -1.13. The zero-order chi connectivity index (χ0) is 27.8. The number of aliphatic hydroxyl groups excluding tert-OH is 2. The van der Waals surface area contributed by atoms with E-state index in [0.29, 0.717) is 29.4 Å². The van der Waals surface area contributed by atoms with Crippen LogP contribution in [0, 0.1) is 0 Å². The van der Waals surface area contributed by atoms with Crippen molar-refractivity contribution in [3.8, 4) is 0 Å². The molecule has 0 aliphatic heterocycles. The number of fused-ring (bicyclic) bond motifs is 2. The molecular formula is C28H35N3O7. The maximum atomic E-state index is 13.6. The fourth-order valence-electron chi connectivity index (χ4n) is 4.32. The van der Waals surface area contributed by atoms with Crippen molar-refractivity contribution in [2.24, 2.45) is 0 Å². The van der Waals surface area contributed by atoms with Crippen molar-refractivity contribution in [1.29, 1.82) is 0 Å². The Morgan fingerprint density at radius 1 is 0.947 bits per heavy atom. The molecule has 10 nitrogen and oxygen atoms in total. The molecule has 0 saturated heterocycles. The zero-order valence-electron chi connectivity index (χ0n) is 21.7. The number of benzene rings is 2. The number of carbonyl (C=O) groups excluding carboxylic acids is 4. The highest BCUT2D eigenvalue weighted by Crippen LogP contribution is 2.37. The number of hydroxylamine groups is 2. The molecule has 1 unspecified atom stereocenters. The van der Waals surface area contributed by atoms with E-state index in [0.717, 1.165) is 18.5 Å². The highest BCUT2D eigenvalue weighted by molar-refractivity contribution is 6.31. The summed E-state index contributed by atoms with van der Waals surface area (Å²) in [5.41, 5.74) is 2.19. The second-order valence-electron chi connectivity index (χ2n) is 9.29. The van der Waals surface area contributed by atoms with Crippen molar-refractivity contribution < 1.29 is 34.6 Å². The number of hydrogen-bond acceptors (Lipinski definition) is 9. The highest BCUT2D eigenvalue weighted by atomic mass is 16.5. The summed E-state index contributed by atoms with van der Waals surface area (Å²) in [6, 6.07) is 7.52. The predicted molar refractivity (Wildman–Crippen MR) is 142 cm³/mol. The number of nitrogens with zero attached hydrogens (tertiary/aromatic N) is 1. The average Bonchev–Trinajstić information content (AvgIpc) is 2.92. The number of hydrogen-bond donors (Lipinski definition) is 5. The Hall–Kier alpha value is -3.60. The molecule has 2 aromatic rings. The first-order chi connectivity index (χ1) is 18.2. The Bertz CT molecular complexity index is 1210. The van der Waals surface area contributed by atoms with Gasteiger partial charge in [0.25, 0.3) is 5.91 Å². The number of ketones is 3. The summed E-state index contributed by atoms with van der Waals surface area (Å²) >= 11 is 0. The maximum Gasteiger partial charge on any atom is 0.277 e. The quantitative estimate of drug-likeness (QED) is 0.158. The Labute approximate surface area is 221 Å². The van der Waals surface area contributed by atoms with Gasteiger partial charge in [0.15, 0.2) is 11.6 Å². The van der Waals surface area contributed by atoms with Gasteiger partial charge in [-0.1, -0.05) is 13.8 Å². The zero-order valence-corrected chi connectivity index (χ0v) is 21.7. The Balaban J connectivity index is 1.81. The summed E-state index contributed by atoms with van der Waals surface area (Å²) in [5.74, 6) is -1.78. The van der Waals surface area contributed by atoms with Gasteiger partial charge in [-0.15, -0.1) is 0 Å². The van der Waals surface area contributed by atoms with Crippen LogP contribution >= 0.6 is 0 Å². The fraction of sp³-hybridized carbons (Fsp3) is 0.429. The predicted octanol–water partition coefficient (Wildman–Crippen LogP) is 3.03. The molecule has 1 aliphatic rings. The van der Waals surface area contributed by atoms with Gasteiger partial charge in [0.1, 0.15) is 5.78 Å². The molecular weight excluding hydrogens is 490 g/mol. The molecule has 0 aromatic heterocycles. The van der Waals surface area contributed by atoms with E-state index < -0.39 is 18.6 Å². The number of rotatable bonds is 14. The van der Waals surface area contributed by atoms with Crippen molar-refractivity contribution in [2.75, 3.05) is 36.9 Å². The molecule has 3 rings (SSSR count). The Kier molecular flexibility index (Phi) is 10.1. The molecule has 0 radical (unpaired) electrons. The molecule has 0 bridgehead atoms. The van der Waals surface area contributed by atoms with Crippen LogP contribution in [0.15, 0.2) is 30.3 Å². The fourth-order valence-corrected chi connectivity index (χ4v) is 4.32. The van der Waals surface area contributed by atoms with Crippen LogP contribution in [0.25, 0.3) is 0 Å². The second-order valence-corrected chi connectivity index (χ2v) is 9.29. The number of amides is 1. The van der Waals surface area contributed by atoms with E-state index in [1.807, 2.05) is 13.8 Å². The maximum absolute atomic E-state index is 13.6. The van der Waals surface area contributed by atoms with Crippen LogP contribution in [-0.4, -0.2) is 76.1 Å². The molecule has 0 heterocycles. The SMILES string of the molecule is CCCNc1ccc2c(c1NCCC)C(=O)c1ccc(C(=O)N(O)CCCC(=O)CC(O)CO)cc1C2=O. The van der Waals surface area contributed by atoms with E-state index in [-0.39, 0.29) is 65.4 Å². The van der Waals surface area contributed by atoms with Crippen molar-refractivity contribution in [1.82, 2.24) is 5.06 Å². The number of aliphatic hydroxyl groups is 2. The smallest absolute Gasteiger partial charge is 0.277 e. The number of anilines is 2. The van der Waals surface area contributed by atoms with E-state index in [9.17, 15) is 29.5 Å². The van der Waals surface area contributed by atoms with Crippen LogP contribution in [0.2, 0.25) is 0 Å². The number of Topliss-reactive ketones (excluding diaryl/α,β-unsaturated/α-hetero) is 1. The van der Waals surface area contributed by atoms with Gasteiger partial charge in [-0.3, -0.25) is 24.4 Å². The summed E-state index contributed by atoms with van der Waals surface area (Å²) in [7, 11) is 0. The van der Waals surface area contributed by atoms with Gasteiger partial charge in [0.05, 0.1) is 29.6 Å². The van der Waals surface area contributed by atoms with E-state index in [1.165, 1.54) is 18.2 Å². The van der Waals surface area contributed by atoms with Gasteiger partial charge in [0.2, 0.25) is 0 Å². The largest absolute Gasteiger partial charge is 0.394 e. The number of nitrogens with one attached hydrogen (secondary N) is 2. The third-order valence-corrected chi connectivity index (χ3v) is 6.28. The summed E-state index contributed by atoms with van der Waals surface area (Å²) in [6.45, 7) is 4.71. The van der Waals surface area contributed by atoms with E-state index in [2.05, 4.69) is 10.6 Å². The van der Waals surface area contributed by atoms with Crippen molar-refractivity contribution >= 4 is 34.6 Å². The Morgan fingerprint density at radius 2 is 1.63 bits per heavy atom. The minimum absolute atomic E-state index is 0.0128. The summed E-state index contributed by atoms with van der Waals surface area (Å²) in [5, 5.41) is 35.4. The van der Waals surface area contributed by atoms with Crippen LogP contribution in [0.3, 0.4) is 0 Å². The van der Waals surface area contributed by atoms with Crippen LogP contribution in [0.4, 0.5) is 11.4 Å². The van der Waals surface area contributed by atoms with Gasteiger partial charge in [-0.2, -0.15) is 0 Å². The van der Waals surface area contributed by atoms with Crippen LogP contribution < -0.4 is 10.6 Å². The normalized spacial score (nSPS) is 13.0. The topological polar surface area (TPSA) is 156 Å². The van der Waals surface area contributed by atoms with E-state index >= 15 is 0 Å². The monoisotopic (exact) mass is 525 g/mol. The van der Waals surface area contributed by atoms with Crippen LogP contribution in [0.1, 0.15) is 88.2 Å². The third-order valence-electron chi connectivity index (χ3n) is 6.28. The van der Waals surface area contributed by atoms with Crippen molar-refractivity contribution in [2.45, 2.75) is 52.1 Å². The second kappa shape index (κ2) is 13.3. The lowest BCUT2D eigenvalue weighted by molar-refractivity contribution is -0.122. The first kappa shape index (κ1) is 29.0. The molecule has 2 aromatic carbocycles. The van der Waals surface area contributed by atoms with Gasteiger partial charge in [-0.05, 0) is 49.6 Å². The minimum Gasteiger partial charge on any atom is -0.394 e. The van der Waals surface area contributed by atoms with Gasteiger partial charge in [0, 0.05) is 54.7 Å². The summed E-state index contributed by atoms with van der Waals surface area (Å²) in [6.07, 6.45) is 0.548. The lowest BCUT2D eigenvalue weighted by Crippen LogP contribution is -2.30. The van der Waals surface area contributed by atoms with Gasteiger partial charge >= 0.3 is 0 Å². The lowest BCUT2D eigenvalue weighted by Gasteiger charge is -2.24. The number of carbonyl (C=O) groups is 4. The van der Waals surface area contributed by atoms with Crippen LogP contribution in [0.5, 0.6) is 0 Å². The lowest BCUT2D eigenvalue weighted by atomic mass is 9.82. The molecule has 204 valence electrons. The molecule has 1 amide bonds. The van der Waals surface area contributed by atoms with Gasteiger partial charge < -0.3 is 20.8 Å². The van der Waals surface area contributed by atoms with Gasteiger partial charge in [-0.25, -0.2) is 5.06 Å². The molecule has 0 saturated carbocycles. The highest BCUT2D eigenvalue weighted by Gasteiger charge is 2.34. The average molecular weight is 526 g/mol. The molecule has 1 atom stereocenters. The van der Waals surface area contributed by atoms with Crippen molar-refractivity contribution in [3.05, 3.63) is 58.1 Å². The van der Waals surface area contributed by atoms with E-state index in [4.69, 9.17) is 5.11 Å². The molecule has 1 aliphatic carbocycles. The van der Waals surface area contributed by atoms with Crippen LogP contribution in [-0.2, 0) is 4.79 Å².